The summed E-state index contributed by atoms with van der Waals surface area (Å²) in [6.45, 7) is 2.12. The molecule has 0 fully saturated rings. The van der Waals surface area contributed by atoms with Gasteiger partial charge in [0, 0.05) is 17.1 Å². The van der Waals surface area contributed by atoms with Crippen LogP contribution in [0.5, 0.6) is 0 Å². The predicted octanol–water partition coefficient (Wildman–Crippen LogP) is 3.98. The maximum absolute atomic E-state index is 12.5. The second kappa shape index (κ2) is 6.22. The Hall–Kier alpha value is -2.04. The molecule has 0 saturated heterocycles. The molecule has 1 atom stereocenters. The SMILES string of the molecule is CC(C(=O)Nc1cc(Cl)ccc1Cl)N1Cc2ccccc2C1=O. The Kier molecular flexibility index (Phi) is 4.28. The Morgan fingerprint density at radius 3 is 2.70 bits per heavy atom. The maximum Gasteiger partial charge on any atom is 0.255 e. The molecule has 2 aromatic rings. The number of nitrogens with one attached hydrogen (secondary N) is 1. The fourth-order valence-electron chi connectivity index (χ4n) is 2.56. The standard InChI is InChI=1S/C17H14Cl2N2O2/c1-10(16(22)20-15-8-12(18)6-7-14(15)19)21-9-11-4-2-3-5-13(11)17(21)23/h2-8,10H,9H2,1H3,(H,20,22). The average molecular weight is 349 g/mol. The van der Waals surface area contributed by atoms with Gasteiger partial charge in [-0.2, -0.15) is 0 Å². The van der Waals surface area contributed by atoms with Crippen molar-refractivity contribution < 1.29 is 9.59 Å². The van der Waals surface area contributed by atoms with Crippen molar-refractivity contribution in [3.63, 3.8) is 0 Å². The molecule has 1 unspecified atom stereocenters. The lowest BCUT2D eigenvalue weighted by Gasteiger charge is -2.23. The molecule has 1 aliphatic rings. The number of anilines is 1. The van der Waals surface area contributed by atoms with E-state index < -0.39 is 6.04 Å². The summed E-state index contributed by atoms with van der Waals surface area (Å²) >= 11 is 12.0. The predicted molar refractivity (Wildman–Crippen MR) is 90.9 cm³/mol. The van der Waals surface area contributed by atoms with Crippen molar-refractivity contribution in [1.29, 1.82) is 0 Å². The zero-order valence-electron chi connectivity index (χ0n) is 12.3. The minimum absolute atomic E-state index is 0.138. The first-order valence-electron chi connectivity index (χ1n) is 7.12. The minimum Gasteiger partial charge on any atom is -0.323 e. The lowest BCUT2D eigenvalue weighted by atomic mass is 10.1. The van der Waals surface area contributed by atoms with E-state index in [1.807, 2.05) is 18.2 Å². The summed E-state index contributed by atoms with van der Waals surface area (Å²) in [6, 6.07) is 11.6. The first-order valence-corrected chi connectivity index (χ1v) is 7.88. The number of benzene rings is 2. The van der Waals surface area contributed by atoms with Gasteiger partial charge in [0.05, 0.1) is 10.7 Å². The van der Waals surface area contributed by atoms with E-state index in [9.17, 15) is 9.59 Å². The van der Waals surface area contributed by atoms with E-state index in [1.54, 1.807) is 36.1 Å². The van der Waals surface area contributed by atoms with Gasteiger partial charge < -0.3 is 10.2 Å². The van der Waals surface area contributed by atoms with Crippen LogP contribution in [0.3, 0.4) is 0 Å². The topological polar surface area (TPSA) is 49.4 Å². The van der Waals surface area contributed by atoms with E-state index in [2.05, 4.69) is 5.32 Å². The third-order valence-corrected chi connectivity index (χ3v) is 4.45. The number of halogens is 2. The summed E-state index contributed by atoms with van der Waals surface area (Å²) in [7, 11) is 0. The van der Waals surface area contributed by atoms with E-state index in [4.69, 9.17) is 23.2 Å². The number of hydrogen-bond acceptors (Lipinski definition) is 2. The van der Waals surface area contributed by atoms with E-state index in [-0.39, 0.29) is 11.8 Å². The highest BCUT2D eigenvalue weighted by molar-refractivity contribution is 6.35. The minimum atomic E-state index is -0.620. The normalized spacial score (nSPS) is 14.6. The van der Waals surface area contributed by atoms with Crippen molar-refractivity contribution in [3.8, 4) is 0 Å². The van der Waals surface area contributed by atoms with Crippen LogP contribution in [0.1, 0.15) is 22.8 Å². The lowest BCUT2D eigenvalue weighted by molar-refractivity contribution is -0.120. The van der Waals surface area contributed by atoms with E-state index in [0.29, 0.717) is 27.8 Å². The molecule has 1 heterocycles. The van der Waals surface area contributed by atoms with Crippen LogP contribution in [-0.2, 0) is 11.3 Å². The summed E-state index contributed by atoms with van der Waals surface area (Å²) in [5, 5.41) is 3.59. The first kappa shape index (κ1) is 15.8. The van der Waals surface area contributed by atoms with Crippen molar-refractivity contribution in [2.24, 2.45) is 0 Å². The monoisotopic (exact) mass is 348 g/mol. The fourth-order valence-corrected chi connectivity index (χ4v) is 2.90. The molecule has 0 aromatic heterocycles. The van der Waals surface area contributed by atoms with Gasteiger partial charge in [0.1, 0.15) is 6.04 Å². The van der Waals surface area contributed by atoms with Crippen molar-refractivity contribution in [1.82, 2.24) is 4.90 Å². The highest BCUT2D eigenvalue weighted by Crippen LogP contribution is 2.27. The van der Waals surface area contributed by atoms with Crippen LogP contribution in [0.4, 0.5) is 5.69 Å². The molecule has 0 saturated carbocycles. The number of rotatable bonds is 3. The Labute approximate surface area is 144 Å². The Morgan fingerprint density at radius 1 is 1.22 bits per heavy atom. The molecule has 0 bridgehead atoms. The van der Waals surface area contributed by atoms with Crippen molar-refractivity contribution >= 4 is 40.7 Å². The van der Waals surface area contributed by atoms with Crippen LogP contribution < -0.4 is 5.32 Å². The summed E-state index contributed by atoms with van der Waals surface area (Å²) in [4.78, 5) is 26.4. The molecule has 4 nitrogen and oxygen atoms in total. The molecule has 23 heavy (non-hydrogen) atoms. The van der Waals surface area contributed by atoms with Crippen molar-refractivity contribution in [2.75, 3.05) is 5.32 Å². The molecule has 2 amide bonds. The molecular formula is C17H14Cl2N2O2. The van der Waals surface area contributed by atoms with Crippen LogP contribution >= 0.6 is 23.2 Å². The number of amides is 2. The van der Waals surface area contributed by atoms with Gasteiger partial charge in [-0.3, -0.25) is 9.59 Å². The van der Waals surface area contributed by atoms with Crippen molar-refractivity contribution in [2.45, 2.75) is 19.5 Å². The van der Waals surface area contributed by atoms with Crippen LogP contribution in [0.25, 0.3) is 0 Å². The summed E-state index contributed by atoms with van der Waals surface area (Å²) in [5.41, 5.74) is 2.01. The maximum atomic E-state index is 12.5. The lowest BCUT2D eigenvalue weighted by Crippen LogP contribution is -2.42. The molecule has 3 rings (SSSR count). The van der Waals surface area contributed by atoms with Gasteiger partial charge >= 0.3 is 0 Å². The van der Waals surface area contributed by atoms with Gasteiger partial charge in [0.15, 0.2) is 0 Å². The zero-order chi connectivity index (χ0) is 16.6. The second-order valence-corrected chi connectivity index (χ2v) is 6.22. The Bertz CT molecular complexity index is 792. The molecule has 118 valence electrons. The van der Waals surface area contributed by atoms with Crippen LogP contribution in [0.2, 0.25) is 10.0 Å². The summed E-state index contributed by atoms with van der Waals surface area (Å²) in [6.07, 6.45) is 0. The van der Waals surface area contributed by atoms with E-state index >= 15 is 0 Å². The van der Waals surface area contributed by atoms with Crippen LogP contribution in [0, 0.1) is 0 Å². The smallest absolute Gasteiger partial charge is 0.255 e. The fraction of sp³-hybridized carbons (Fsp3) is 0.176. The van der Waals surface area contributed by atoms with E-state index in [1.165, 1.54) is 0 Å². The number of fused-ring (bicyclic) bond motifs is 1. The Balaban J connectivity index is 1.76. The van der Waals surface area contributed by atoms with Gasteiger partial charge in [-0.1, -0.05) is 41.4 Å². The molecule has 1 aliphatic heterocycles. The van der Waals surface area contributed by atoms with E-state index in [0.717, 1.165) is 5.56 Å². The zero-order valence-corrected chi connectivity index (χ0v) is 13.9. The highest BCUT2D eigenvalue weighted by Gasteiger charge is 2.33. The molecule has 0 aliphatic carbocycles. The Morgan fingerprint density at radius 2 is 1.96 bits per heavy atom. The molecule has 2 aromatic carbocycles. The van der Waals surface area contributed by atoms with Crippen LogP contribution in [-0.4, -0.2) is 22.8 Å². The number of hydrogen-bond donors (Lipinski definition) is 1. The van der Waals surface area contributed by atoms with Gasteiger partial charge in [0.25, 0.3) is 5.91 Å². The van der Waals surface area contributed by atoms with Crippen molar-refractivity contribution in [3.05, 3.63) is 63.6 Å². The molecule has 6 heteroatoms. The largest absolute Gasteiger partial charge is 0.323 e. The molecule has 0 spiro atoms. The third kappa shape index (κ3) is 3.05. The quantitative estimate of drug-likeness (QED) is 0.911. The number of nitrogens with zero attached hydrogens (tertiary/aromatic N) is 1. The summed E-state index contributed by atoms with van der Waals surface area (Å²) < 4.78 is 0. The third-order valence-electron chi connectivity index (χ3n) is 3.88. The molecular weight excluding hydrogens is 335 g/mol. The summed E-state index contributed by atoms with van der Waals surface area (Å²) in [5.74, 6) is -0.448. The highest BCUT2D eigenvalue weighted by atomic mass is 35.5. The molecule has 1 N–H and O–H groups in total. The second-order valence-electron chi connectivity index (χ2n) is 5.38. The van der Waals surface area contributed by atoms with Gasteiger partial charge in [-0.15, -0.1) is 0 Å². The first-order chi connectivity index (χ1) is 11.0. The average Bonchev–Trinajstić information content (AvgIpc) is 2.87. The van der Waals surface area contributed by atoms with Gasteiger partial charge in [-0.05, 0) is 36.8 Å². The molecule has 0 radical (unpaired) electrons. The van der Waals surface area contributed by atoms with Crippen LogP contribution in [0.15, 0.2) is 42.5 Å². The van der Waals surface area contributed by atoms with Gasteiger partial charge in [-0.25, -0.2) is 0 Å². The van der Waals surface area contributed by atoms with Gasteiger partial charge in [0.2, 0.25) is 5.91 Å². The number of carbonyl (C=O) groups is 2. The number of carbonyl (C=O) groups excluding carboxylic acids is 2.